The molecule has 0 saturated heterocycles. The predicted molar refractivity (Wildman–Crippen MR) is 80.9 cm³/mol. The van der Waals surface area contributed by atoms with Gasteiger partial charge in [-0.1, -0.05) is 0 Å². The number of benzene rings is 1. The smallest absolute Gasteiger partial charge is 0.219 e. The molecule has 1 unspecified atom stereocenters. The summed E-state index contributed by atoms with van der Waals surface area (Å²) in [7, 11) is 3.14. The van der Waals surface area contributed by atoms with Crippen LogP contribution >= 0.6 is 11.6 Å². The summed E-state index contributed by atoms with van der Waals surface area (Å²) in [6, 6.07) is 3.61. The van der Waals surface area contributed by atoms with Gasteiger partial charge in [0.05, 0.1) is 30.6 Å². The number of carbonyl (C=O) groups excluding carboxylic acids is 1. The molecule has 2 rings (SSSR count). The Morgan fingerprint density at radius 3 is 2.52 bits per heavy atom. The molecule has 1 atom stereocenters. The van der Waals surface area contributed by atoms with Gasteiger partial charge in [-0.05, 0) is 6.92 Å². The summed E-state index contributed by atoms with van der Waals surface area (Å²) in [5.74, 6) is 1.51. The van der Waals surface area contributed by atoms with Crippen molar-refractivity contribution in [3.63, 3.8) is 0 Å². The van der Waals surface area contributed by atoms with E-state index in [1.807, 2.05) is 17.6 Å². The minimum atomic E-state index is -0.370. The van der Waals surface area contributed by atoms with E-state index in [1.165, 1.54) is 0 Å². The second kappa shape index (κ2) is 6.22. The van der Waals surface area contributed by atoms with Gasteiger partial charge in [-0.15, -0.1) is 11.6 Å². The lowest BCUT2D eigenvalue weighted by atomic mass is 10.2. The van der Waals surface area contributed by atoms with Gasteiger partial charge in [-0.2, -0.15) is 0 Å². The molecular weight excluding hydrogens is 294 g/mol. The molecule has 2 aromatic rings. The zero-order valence-electron chi connectivity index (χ0n) is 12.2. The van der Waals surface area contributed by atoms with Crippen LogP contribution in [0.3, 0.4) is 0 Å². The number of rotatable bonds is 6. The number of alkyl halides is 1. The van der Waals surface area contributed by atoms with Crippen LogP contribution in [0.15, 0.2) is 12.1 Å². The molecule has 0 aliphatic carbocycles. The van der Waals surface area contributed by atoms with Crippen LogP contribution in [0.25, 0.3) is 11.0 Å². The summed E-state index contributed by atoms with van der Waals surface area (Å²) < 4.78 is 12.5. The molecule has 114 valence electrons. The maximum Gasteiger partial charge on any atom is 0.219 e. The van der Waals surface area contributed by atoms with E-state index in [2.05, 4.69) is 4.98 Å². The number of imidazole rings is 1. The van der Waals surface area contributed by atoms with Gasteiger partial charge in [0.2, 0.25) is 5.91 Å². The quantitative estimate of drug-likeness (QED) is 0.830. The lowest BCUT2D eigenvalue weighted by Crippen LogP contribution is -2.15. The number of ether oxygens (including phenoxy) is 2. The third-order valence-corrected chi connectivity index (χ3v) is 3.42. The minimum absolute atomic E-state index is 0.219. The lowest BCUT2D eigenvalue weighted by Gasteiger charge is -2.11. The summed E-state index contributed by atoms with van der Waals surface area (Å²) in [6.45, 7) is 2.26. The highest BCUT2D eigenvalue weighted by atomic mass is 35.5. The molecule has 0 aliphatic rings. The Balaban J connectivity index is 2.61. The van der Waals surface area contributed by atoms with Gasteiger partial charge in [0, 0.05) is 25.1 Å². The number of carbonyl (C=O) groups is 1. The van der Waals surface area contributed by atoms with E-state index in [1.54, 1.807) is 20.3 Å². The zero-order chi connectivity index (χ0) is 15.6. The zero-order valence-corrected chi connectivity index (χ0v) is 13.0. The summed E-state index contributed by atoms with van der Waals surface area (Å²) in [5.41, 5.74) is 6.80. The van der Waals surface area contributed by atoms with Crippen molar-refractivity contribution in [1.82, 2.24) is 9.55 Å². The number of hydrogen-bond acceptors (Lipinski definition) is 4. The molecule has 6 nitrogen and oxygen atoms in total. The molecule has 2 N–H and O–H groups in total. The van der Waals surface area contributed by atoms with Gasteiger partial charge < -0.3 is 19.8 Å². The van der Waals surface area contributed by atoms with Crippen LogP contribution in [0, 0.1) is 0 Å². The number of hydrogen-bond donors (Lipinski definition) is 1. The molecule has 1 heterocycles. The van der Waals surface area contributed by atoms with Gasteiger partial charge >= 0.3 is 0 Å². The monoisotopic (exact) mass is 311 g/mol. The molecule has 0 spiro atoms. The third kappa shape index (κ3) is 3.05. The molecule has 1 amide bonds. The van der Waals surface area contributed by atoms with Gasteiger partial charge in [-0.3, -0.25) is 4.79 Å². The van der Waals surface area contributed by atoms with E-state index in [0.717, 1.165) is 11.0 Å². The van der Waals surface area contributed by atoms with Crippen molar-refractivity contribution in [3.05, 3.63) is 18.0 Å². The molecule has 0 radical (unpaired) electrons. The molecular formula is C14H18ClN3O3. The number of aromatic nitrogens is 2. The standard InChI is InChI=1S/C14H18ClN3O3/c1-8(15)14-17-9-6-11(20-2)12(21-3)7-10(9)18(14)5-4-13(16)19/h6-8H,4-5H2,1-3H3,(H2,16,19). The fourth-order valence-electron chi connectivity index (χ4n) is 2.23. The Morgan fingerprint density at radius 2 is 2.00 bits per heavy atom. The Kier molecular flexibility index (Phi) is 4.57. The van der Waals surface area contributed by atoms with Crippen molar-refractivity contribution in [2.75, 3.05) is 14.2 Å². The van der Waals surface area contributed by atoms with Crippen LogP contribution in [-0.4, -0.2) is 29.7 Å². The van der Waals surface area contributed by atoms with Crippen molar-refractivity contribution in [2.45, 2.75) is 25.3 Å². The summed E-state index contributed by atoms with van der Waals surface area (Å²) >= 11 is 6.18. The number of methoxy groups -OCH3 is 2. The highest BCUT2D eigenvalue weighted by molar-refractivity contribution is 6.20. The largest absolute Gasteiger partial charge is 0.493 e. The Bertz CT molecular complexity index is 667. The first-order valence-corrected chi connectivity index (χ1v) is 6.96. The molecule has 21 heavy (non-hydrogen) atoms. The fraction of sp³-hybridized carbons (Fsp3) is 0.429. The second-order valence-electron chi connectivity index (χ2n) is 4.65. The van der Waals surface area contributed by atoms with Crippen LogP contribution in [0.5, 0.6) is 11.5 Å². The van der Waals surface area contributed by atoms with E-state index in [0.29, 0.717) is 23.9 Å². The first kappa shape index (κ1) is 15.4. The average molecular weight is 312 g/mol. The third-order valence-electron chi connectivity index (χ3n) is 3.22. The summed E-state index contributed by atoms with van der Waals surface area (Å²) in [4.78, 5) is 15.6. The minimum Gasteiger partial charge on any atom is -0.493 e. The summed E-state index contributed by atoms with van der Waals surface area (Å²) in [5, 5.41) is -0.290. The molecule has 0 bridgehead atoms. The number of nitrogens with zero attached hydrogens (tertiary/aromatic N) is 2. The predicted octanol–water partition coefficient (Wildman–Crippen LogP) is 2.23. The molecule has 0 fully saturated rings. The van der Waals surface area contributed by atoms with Gasteiger partial charge in [-0.25, -0.2) is 4.98 Å². The highest BCUT2D eigenvalue weighted by Gasteiger charge is 2.18. The summed E-state index contributed by atoms with van der Waals surface area (Å²) in [6.07, 6.45) is 0.219. The van der Waals surface area contributed by atoms with E-state index >= 15 is 0 Å². The number of nitrogens with two attached hydrogens (primary N) is 1. The van der Waals surface area contributed by atoms with Crippen molar-refractivity contribution < 1.29 is 14.3 Å². The highest BCUT2D eigenvalue weighted by Crippen LogP contribution is 2.34. The van der Waals surface area contributed by atoms with Gasteiger partial charge in [0.15, 0.2) is 11.5 Å². The normalized spacial score (nSPS) is 12.4. The first-order chi connectivity index (χ1) is 9.97. The van der Waals surface area contributed by atoms with Crippen molar-refractivity contribution >= 4 is 28.5 Å². The molecule has 0 saturated carbocycles. The van der Waals surface area contributed by atoms with Crippen LogP contribution in [-0.2, 0) is 11.3 Å². The van der Waals surface area contributed by atoms with Crippen molar-refractivity contribution in [2.24, 2.45) is 5.73 Å². The fourth-order valence-corrected chi connectivity index (χ4v) is 2.40. The van der Waals surface area contributed by atoms with E-state index in [4.69, 9.17) is 26.8 Å². The molecule has 1 aromatic carbocycles. The van der Waals surface area contributed by atoms with Crippen LogP contribution < -0.4 is 15.2 Å². The Morgan fingerprint density at radius 1 is 1.38 bits per heavy atom. The number of aryl methyl sites for hydroxylation is 1. The average Bonchev–Trinajstić information content (AvgIpc) is 2.81. The van der Waals surface area contributed by atoms with Crippen molar-refractivity contribution in [1.29, 1.82) is 0 Å². The van der Waals surface area contributed by atoms with E-state index in [9.17, 15) is 4.79 Å². The van der Waals surface area contributed by atoms with Crippen LogP contribution in [0.1, 0.15) is 24.5 Å². The van der Waals surface area contributed by atoms with Crippen molar-refractivity contribution in [3.8, 4) is 11.5 Å². The molecule has 1 aromatic heterocycles. The maximum atomic E-state index is 11.0. The van der Waals surface area contributed by atoms with E-state index in [-0.39, 0.29) is 17.7 Å². The first-order valence-electron chi connectivity index (χ1n) is 6.52. The number of fused-ring (bicyclic) bond motifs is 1. The molecule has 7 heteroatoms. The van der Waals surface area contributed by atoms with Gasteiger partial charge in [0.25, 0.3) is 0 Å². The van der Waals surface area contributed by atoms with Crippen LogP contribution in [0.4, 0.5) is 0 Å². The Hall–Kier alpha value is -1.95. The van der Waals surface area contributed by atoms with Crippen LogP contribution in [0.2, 0.25) is 0 Å². The Labute approximate surface area is 127 Å². The maximum absolute atomic E-state index is 11.0. The molecule has 0 aliphatic heterocycles. The number of primary amides is 1. The SMILES string of the molecule is COc1cc2nc(C(C)Cl)n(CCC(N)=O)c2cc1OC. The topological polar surface area (TPSA) is 79.4 Å². The number of amides is 1. The number of halogens is 1. The van der Waals surface area contributed by atoms with E-state index < -0.39 is 0 Å². The van der Waals surface area contributed by atoms with Gasteiger partial charge in [0.1, 0.15) is 5.82 Å². The second-order valence-corrected chi connectivity index (χ2v) is 5.30. The lowest BCUT2D eigenvalue weighted by molar-refractivity contribution is -0.118.